The lowest BCUT2D eigenvalue weighted by Gasteiger charge is -2.27. The van der Waals surface area contributed by atoms with Crippen molar-refractivity contribution in [3.63, 3.8) is 0 Å². The van der Waals surface area contributed by atoms with Crippen LogP contribution in [0.5, 0.6) is 0 Å². The lowest BCUT2D eigenvalue weighted by molar-refractivity contribution is -0.0327. The summed E-state index contributed by atoms with van der Waals surface area (Å²) in [6, 6.07) is 3.01. The van der Waals surface area contributed by atoms with Crippen LogP contribution in [0.15, 0.2) is 18.3 Å². The van der Waals surface area contributed by atoms with Crippen LogP contribution in [0.1, 0.15) is 18.0 Å². The van der Waals surface area contributed by atoms with Gasteiger partial charge >= 0.3 is 0 Å². The molecule has 5 heteroatoms. The molecule has 1 aliphatic heterocycles. The fourth-order valence-electron chi connectivity index (χ4n) is 2.31. The third-order valence-electron chi connectivity index (χ3n) is 3.43. The van der Waals surface area contributed by atoms with E-state index in [2.05, 4.69) is 5.10 Å². The van der Waals surface area contributed by atoms with Crippen molar-refractivity contribution in [3.8, 4) is 0 Å². The number of hydrogen-bond donors (Lipinski definition) is 1. The van der Waals surface area contributed by atoms with E-state index in [1.165, 1.54) is 6.07 Å². The van der Waals surface area contributed by atoms with E-state index in [9.17, 15) is 9.50 Å². The van der Waals surface area contributed by atoms with Gasteiger partial charge in [-0.15, -0.1) is 0 Å². The molecule has 3 rings (SSSR count). The van der Waals surface area contributed by atoms with Crippen molar-refractivity contribution in [2.45, 2.75) is 25.5 Å². The highest BCUT2D eigenvalue weighted by Crippen LogP contribution is 2.24. The second-order valence-corrected chi connectivity index (χ2v) is 4.77. The third kappa shape index (κ3) is 1.89. The average Bonchev–Trinajstić information content (AvgIpc) is 2.73. The molecule has 1 aromatic heterocycles. The molecule has 0 amide bonds. The molecule has 4 nitrogen and oxygen atoms in total. The summed E-state index contributed by atoms with van der Waals surface area (Å²) in [5.74, 6) is -0.256. The van der Waals surface area contributed by atoms with Gasteiger partial charge in [-0.05, 0) is 25.0 Å². The molecule has 1 saturated heterocycles. The highest BCUT2D eigenvalue weighted by atomic mass is 19.1. The maximum atomic E-state index is 13.5. The van der Waals surface area contributed by atoms with E-state index in [1.807, 2.05) is 6.20 Å². The van der Waals surface area contributed by atoms with Crippen LogP contribution in [0.2, 0.25) is 0 Å². The molecule has 0 saturated carbocycles. The summed E-state index contributed by atoms with van der Waals surface area (Å²) in [5.41, 5.74) is 1.21. The second kappa shape index (κ2) is 4.33. The van der Waals surface area contributed by atoms with Gasteiger partial charge in [0.25, 0.3) is 0 Å². The van der Waals surface area contributed by atoms with E-state index in [0.29, 0.717) is 30.7 Å². The minimum Gasteiger partial charge on any atom is -0.391 e. The zero-order valence-electron chi connectivity index (χ0n) is 10.1. The number of fused-ring (bicyclic) bond motifs is 1. The number of aliphatic hydroxyl groups excluding tert-OH is 1. The minimum atomic E-state index is -0.459. The zero-order chi connectivity index (χ0) is 12.7. The highest BCUT2D eigenvalue weighted by Gasteiger charge is 2.26. The van der Waals surface area contributed by atoms with Crippen LogP contribution in [0.25, 0.3) is 10.9 Å². The molecular formula is C13H15FN2O2. The van der Waals surface area contributed by atoms with Gasteiger partial charge in [0.05, 0.1) is 18.2 Å². The maximum Gasteiger partial charge on any atom is 0.128 e. The third-order valence-corrected chi connectivity index (χ3v) is 3.43. The highest BCUT2D eigenvalue weighted by molar-refractivity contribution is 5.78. The second-order valence-electron chi connectivity index (χ2n) is 4.77. The van der Waals surface area contributed by atoms with Crippen molar-refractivity contribution in [2.24, 2.45) is 0 Å². The number of rotatable bonds is 1. The SMILES string of the molecule is Cc1cc2cn(C3COCCC3O)nc2cc1F. The van der Waals surface area contributed by atoms with Crippen molar-refractivity contribution < 1.29 is 14.2 Å². The summed E-state index contributed by atoms with van der Waals surface area (Å²) in [7, 11) is 0. The number of halogens is 1. The predicted octanol–water partition coefficient (Wildman–Crippen LogP) is 1.81. The fraction of sp³-hybridized carbons (Fsp3) is 0.462. The maximum absolute atomic E-state index is 13.5. The fourth-order valence-corrected chi connectivity index (χ4v) is 2.31. The Hall–Kier alpha value is -1.46. The van der Waals surface area contributed by atoms with E-state index in [0.717, 1.165) is 5.39 Å². The molecule has 1 aromatic carbocycles. The molecule has 18 heavy (non-hydrogen) atoms. The molecule has 1 N–H and O–H groups in total. The molecule has 0 aliphatic carbocycles. The molecule has 0 bridgehead atoms. The Morgan fingerprint density at radius 2 is 2.33 bits per heavy atom. The van der Waals surface area contributed by atoms with Gasteiger partial charge in [0.1, 0.15) is 11.9 Å². The van der Waals surface area contributed by atoms with Crippen LogP contribution in [0.3, 0.4) is 0 Å². The summed E-state index contributed by atoms with van der Waals surface area (Å²) >= 11 is 0. The lowest BCUT2D eigenvalue weighted by atomic mass is 10.1. The standard InChI is InChI=1S/C13H15FN2O2/c1-8-4-9-6-16(15-11(9)5-10(8)14)12-7-18-3-2-13(12)17/h4-6,12-13,17H,2-3,7H2,1H3. The van der Waals surface area contributed by atoms with E-state index >= 15 is 0 Å². The molecular weight excluding hydrogens is 235 g/mol. The predicted molar refractivity (Wildman–Crippen MR) is 64.9 cm³/mol. The Labute approximate surface area is 104 Å². The van der Waals surface area contributed by atoms with Crippen LogP contribution >= 0.6 is 0 Å². The van der Waals surface area contributed by atoms with Crippen molar-refractivity contribution in [3.05, 3.63) is 29.7 Å². The van der Waals surface area contributed by atoms with E-state index in [4.69, 9.17) is 4.74 Å². The molecule has 2 heterocycles. The van der Waals surface area contributed by atoms with Gasteiger partial charge in [-0.2, -0.15) is 5.10 Å². The first-order chi connectivity index (χ1) is 8.65. The number of aryl methyl sites for hydroxylation is 1. The molecule has 0 radical (unpaired) electrons. The molecule has 1 fully saturated rings. The smallest absolute Gasteiger partial charge is 0.128 e. The lowest BCUT2D eigenvalue weighted by Crippen LogP contribution is -2.34. The number of hydrogen-bond acceptors (Lipinski definition) is 3. The summed E-state index contributed by atoms with van der Waals surface area (Å²) in [6.45, 7) is 2.74. The van der Waals surface area contributed by atoms with Crippen LogP contribution < -0.4 is 0 Å². The minimum absolute atomic E-state index is 0.186. The number of aromatic nitrogens is 2. The molecule has 2 aromatic rings. The van der Waals surface area contributed by atoms with Crippen molar-refractivity contribution >= 4 is 10.9 Å². The molecule has 1 aliphatic rings. The Morgan fingerprint density at radius 1 is 1.50 bits per heavy atom. The number of benzene rings is 1. The molecule has 2 atom stereocenters. The van der Waals surface area contributed by atoms with Crippen LogP contribution in [-0.4, -0.2) is 34.2 Å². The summed E-state index contributed by atoms with van der Waals surface area (Å²) in [4.78, 5) is 0. The molecule has 0 spiro atoms. The zero-order valence-corrected chi connectivity index (χ0v) is 10.1. The quantitative estimate of drug-likeness (QED) is 0.839. The van der Waals surface area contributed by atoms with Gasteiger partial charge in [0.15, 0.2) is 0 Å². The average molecular weight is 250 g/mol. The van der Waals surface area contributed by atoms with Crippen molar-refractivity contribution in [1.29, 1.82) is 0 Å². The van der Waals surface area contributed by atoms with Gasteiger partial charge in [0, 0.05) is 24.3 Å². The first kappa shape index (κ1) is 11.6. The topological polar surface area (TPSA) is 47.3 Å². The Morgan fingerprint density at radius 3 is 3.11 bits per heavy atom. The van der Waals surface area contributed by atoms with Gasteiger partial charge in [-0.3, -0.25) is 4.68 Å². The Kier molecular flexibility index (Phi) is 2.80. The Balaban J connectivity index is 2.02. The van der Waals surface area contributed by atoms with Crippen molar-refractivity contribution in [1.82, 2.24) is 9.78 Å². The molecule has 2 unspecified atom stereocenters. The van der Waals surface area contributed by atoms with Gasteiger partial charge in [-0.1, -0.05) is 0 Å². The molecule has 96 valence electrons. The van der Waals surface area contributed by atoms with Crippen LogP contribution in [-0.2, 0) is 4.74 Å². The van der Waals surface area contributed by atoms with E-state index in [1.54, 1.807) is 17.7 Å². The first-order valence-corrected chi connectivity index (χ1v) is 6.06. The number of aliphatic hydroxyl groups is 1. The summed E-state index contributed by atoms with van der Waals surface area (Å²) < 4.78 is 20.5. The van der Waals surface area contributed by atoms with Crippen LogP contribution in [0, 0.1) is 12.7 Å². The Bertz CT molecular complexity index is 543. The number of ether oxygens (including phenoxy) is 1. The first-order valence-electron chi connectivity index (χ1n) is 6.06. The van der Waals surface area contributed by atoms with E-state index in [-0.39, 0.29) is 11.9 Å². The van der Waals surface area contributed by atoms with E-state index < -0.39 is 6.10 Å². The largest absolute Gasteiger partial charge is 0.391 e. The van der Waals surface area contributed by atoms with Crippen molar-refractivity contribution in [2.75, 3.05) is 13.2 Å². The van der Waals surface area contributed by atoms with Gasteiger partial charge in [0.2, 0.25) is 0 Å². The normalized spacial score (nSPS) is 24.6. The summed E-state index contributed by atoms with van der Waals surface area (Å²) in [6.07, 6.45) is 1.98. The van der Waals surface area contributed by atoms with Gasteiger partial charge in [-0.25, -0.2) is 4.39 Å². The summed E-state index contributed by atoms with van der Waals surface area (Å²) in [5, 5.41) is 15.1. The van der Waals surface area contributed by atoms with Crippen LogP contribution in [0.4, 0.5) is 4.39 Å². The van der Waals surface area contributed by atoms with Gasteiger partial charge < -0.3 is 9.84 Å². The number of nitrogens with zero attached hydrogens (tertiary/aromatic N) is 2. The monoisotopic (exact) mass is 250 g/mol.